The molecule has 2 saturated heterocycles. The van der Waals surface area contributed by atoms with Crippen LogP contribution in [0.15, 0.2) is 18.2 Å². The third-order valence-electron chi connectivity index (χ3n) is 4.59. The second-order valence-electron chi connectivity index (χ2n) is 5.84. The first-order valence-corrected chi connectivity index (χ1v) is 8.39. The molecule has 2 aliphatic rings. The summed E-state index contributed by atoms with van der Waals surface area (Å²) in [6.07, 6.45) is 4.24. The maximum atomic E-state index is 12.9. The number of ketones is 1. The molecule has 114 valence electrons. The summed E-state index contributed by atoms with van der Waals surface area (Å²) in [5, 5.41) is 4.22. The fraction of sp³-hybridized carbons (Fsp3) is 0.562. The van der Waals surface area contributed by atoms with Gasteiger partial charge in [-0.15, -0.1) is 0 Å². The summed E-state index contributed by atoms with van der Waals surface area (Å²) in [4.78, 5) is 15.3. The van der Waals surface area contributed by atoms with Gasteiger partial charge in [0.25, 0.3) is 0 Å². The molecule has 0 spiro atoms. The van der Waals surface area contributed by atoms with Crippen LogP contribution in [0.1, 0.15) is 36.0 Å². The molecule has 0 aliphatic carbocycles. The molecule has 0 saturated carbocycles. The molecule has 0 radical (unpaired) electrons. The minimum absolute atomic E-state index is 0.0379. The molecule has 2 fully saturated rings. The van der Waals surface area contributed by atoms with E-state index in [0.29, 0.717) is 21.7 Å². The average molecular weight is 327 g/mol. The Labute approximate surface area is 135 Å². The largest absolute Gasteiger partial charge is 0.317 e. The molecule has 0 bridgehead atoms. The van der Waals surface area contributed by atoms with Crippen LogP contribution >= 0.6 is 23.2 Å². The number of Topliss-reactive ketones (excluding diaryl/α,β-unsaturated/α-hetero) is 1. The molecule has 1 aromatic carbocycles. The van der Waals surface area contributed by atoms with Crippen molar-refractivity contribution >= 4 is 29.0 Å². The van der Waals surface area contributed by atoms with E-state index >= 15 is 0 Å². The van der Waals surface area contributed by atoms with Gasteiger partial charge in [-0.05, 0) is 57.5 Å². The van der Waals surface area contributed by atoms with Gasteiger partial charge in [0.15, 0.2) is 5.78 Å². The molecule has 2 heterocycles. The van der Waals surface area contributed by atoms with Crippen molar-refractivity contribution in [1.82, 2.24) is 10.2 Å². The molecule has 5 heteroatoms. The van der Waals surface area contributed by atoms with Crippen LogP contribution in [-0.4, -0.2) is 42.4 Å². The van der Waals surface area contributed by atoms with E-state index in [-0.39, 0.29) is 11.8 Å². The topological polar surface area (TPSA) is 32.3 Å². The number of benzene rings is 1. The SMILES string of the molecule is O=C(c1cccc(Cl)c1Cl)C1CCCN1C1CCNCC1. The van der Waals surface area contributed by atoms with Crippen LogP contribution in [0.2, 0.25) is 10.0 Å². The van der Waals surface area contributed by atoms with Crippen LogP contribution in [0.4, 0.5) is 0 Å². The first-order chi connectivity index (χ1) is 10.2. The van der Waals surface area contributed by atoms with E-state index in [0.717, 1.165) is 45.3 Å². The van der Waals surface area contributed by atoms with E-state index in [9.17, 15) is 4.79 Å². The molecule has 21 heavy (non-hydrogen) atoms. The van der Waals surface area contributed by atoms with Gasteiger partial charge in [-0.1, -0.05) is 29.3 Å². The number of likely N-dealkylation sites (tertiary alicyclic amines) is 1. The molecular formula is C16H20Cl2N2O. The van der Waals surface area contributed by atoms with E-state index in [1.807, 2.05) is 0 Å². The monoisotopic (exact) mass is 326 g/mol. The van der Waals surface area contributed by atoms with Crippen molar-refractivity contribution in [2.45, 2.75) is 37.8 Å². The van der Waals surface area contributed by atoms with Crippen molar-refractivity contribution in [3.8, 4) is 0 Å². The lowest BCUT2D eigenvalue weighted by Gasteiger charge is -2.35. The highest BCUT2D eigenvalue weighted by Crippen LogP contribution is 2.31. The molecule has 1 unspecified atom stereocenters. The maximum absolute atomic E-state index is 12.9. The molecule has 1 N–H and O–H groups in total. The third-order valence-corrected chi connectivity index (χ3v) is 5.41. The van der Waals surface area contributed by atoms with Crippen molar-refractivity contribution in [2.75, 3.05) is 19.6 Å². The Morgan fingerprint density at radius 1 is 1.19 bits per heavy atom. The zero-order chi connectivity index (χ0) is 14.8. The molecule has 1 aromatic rings. The van der Waals surface area contributed by atoms with Gasteiger partial charge >= 0.3 is 0 Å². The Morgan fingerprint density at radius 3 is 2.71 bits per heavy atom. The van der Waals surface area contributed by atoms with Gasteiger partial charge in [0.1, 0.15) is 0 Å². The number of piperidine rings is 1. The predicted octanol–water partition coefficient (Wildman–Crippen LogP) is 3.39. The summed E-state index contributed by atoms with van der Waals surface area (Å²) < 4.78 is 0. The van der Waals surface area contributed by atoms with Crippen molar-refractivity contribution in [2.24, 2.45) is 0 Å². The second kappa shape index (κ2) is 6.66. The van der Waals surface area contributed by atoms with Crippen LogP contribution < -0.4 is 5.32 Å². The van der Waals surface area contributed by atoms with Crippen LogP contribution in [0.3, 0.4) is 0 Å². The molecule has 3 nitrogen and oxygen atoms in total. The number of hydrogen-bond donors (Lipinski definition) is 1. The summed E-state index contributed by atoms with van der Waals surface area (Å²) >= 11 is 12.3. The lowest BCUT2D eigenvalue weighted by atomic mass is 9.98. The Balaban J connectivity index is 1.81. The Morgan fingerprint density at radius 2 is 1.95 bits per heavy atom. The van der Waals surface area contributed by atoms with E-state index in [2.05, 4.69) is 10.2 Å². The second-order valence-corrected chi connectivity index (χ2v) is 6.63. The number of nitrogens with one attached hydrogen (secondary N) is 1. The van der Waals surface area contributed by atoms with Gasteiger partial charge in [0.05, 0.1) is 16.1 Å². The van der Waals surface area contributed by atoms with Crippen molar-refractivity contribution in [3.63, 3.8) is 0 Å². The number of carbonyl (C=O) groups excluding carboxylic acids is 1. The number of halogens is 2. The maximum Gasteiger partial charge on any atom is 0.181 e. The number of carbonyl (C=O) groups is 1. The Hall–Kier alpha value is -0.610. The van der Waals surface area contributed by atoms with Crippen molar-refractivity contribution < 1.29 is 4.79 Å². The van der Waals surface area contributed by atoms with E-state index in [4.69, 9.17) is 23.2 Å². The number of rotatable bonds is 3. The summed E-state index contributed by atoms with van der Waals surface area (Å²) in [7, 11) is 0. The van der Waals surface area contributed by atoms with Crippen molar-refractivity contribution in [1.29, 1.82) is 0 Å². The average Bonchev–Trinajstić information content (AvgIpc) is 3.00. The number of hydrogen-bond acceptors (Lipinski definition) is 3. The molecule has 0 amide bonds. The van der Waals surface area contributed by atoms with Gasteiger partial charge in [-0.25, -0.2) is 0 Å². The van der Waals surface area contributed by atoms with Crippen LogP contribution in [0.5, 0.6) is 0 Å². The number of nitrogens with zero attached hydrogens (tertiary/aromatic N) is 1. The van der Waals surface area contributed by atoms with Gasteiger partial charge in [-0.2, -0.15) is 0 Å². The van der Waals surface area contributed by atoms with Crippen LogP contribution in [-0.2, 0) is 0 Å². The first-order valence-electron chi connectivity index (χ1n) is 7.63. The van der Waals surface area contributed by atoms with E-state index in [1.165, 1.54) is 0 Å². The van der Waals surface area contributed by atoms with E-state index in [1.54, 1.807) is 18.2 Å². The fourth-order valence-electron chi connectivity index (χ4n) is 3.52. The zero-order valence-electron chi connectivity index (χ0n) is 11.9. The molecule has 0 aromatic heterocycles. The minimum Gasteiger partial charge on any atom is -0.317 e. The molecule has 3 rings (SSSR count). The first kappa shape index (κ1) is 15.3. The highest BCUT2D eigenvalue weighted by atomic mass is 35.5. The summed E-state index contributed by atoms with van der Waals surface area (Å²) in [6.45, 7) is 3.10. The summed E-state index contributed by atoms with van der Waals surface area (Å²) in [6, 6.07) is 5.78. The normalized spacial score (nSPS) is 24.4. The molecule has 1 atom stereocenters. The van der Waals surface area contributed by atoms with Gasteiger partial charge in [0, 0.05) is 11.6 Å². The highest BCUT2D eigenvalue weighted by Gasteiger charge is 2.36. The quantitative estimate of drug-likeness (QED) is 0.864. The van der Waals surface area contributed by atoms with Crippen LogP contribution in [0.25, 0.3) is 0 Å². The minimum atomic E-state index is -0.0379. The molecular weight excluding hydrogens is 307 g/mol. The van der Waals surface area contributed by atoms with Gasteiger partial charge in [0.2, 0.25) is 0 Å². The Bertz CT molecular complexity index is 529. The highest BCUT2D eigenvalue weighted by molar-refractivity contribution is 6.44. The Kier molecular flexibility index (Phi) is 4.85. The lowest BCUT2D eigenvalue weighted by molar-refractivity contribution is 0.0784. The van der Waals surface area contributed by atoms with Gasteiger partial charge < -0.3 is 5.32 Å². The lowest BCUT2D eigenvalue weighted by Crippen LogP contribution is -2.47. The zero-order valence-corrected chi connectivity index (χ0v) is 13.5. The smallest absolute Gasteiger partial charge is 0.181 e. The standard InChI is InChI=1S/C16H20Cl2N2O/c17-13-4-1-3-12(15(13)18)16(21)14-5-2-10-20(14)11-6-8-19-9-7-11/h1,3-4,11,14,19H,2,5-10H2. The summed E-state index contributed by atoms with van der Waals surface area (Å²) in [5.41, 5.74) is 0.565. The van der Waals surface area contributed by atoms with Gasteiger partial charge in [-0.3, -0.25) is 9.69 Å². The third kappa shape index (κ3) is 3.11. The molecule has 2 aliphatic heterocycles. The van der Waals surface area contributed by atoms with E-state index < -0.39 is 0 Å². The fourth-order valence-corrected chi connectivity index (χ4v) is 3.91. The van der Waals surface area contributed by atoms with Crippen molar-refractivity contribution in [3.05, 3.63) is 33.8 Å². The predicted molar refractivity (Wildman–Crippen MR) is 86.4 cm³/mol. The van der Waals surface area contributed by atoms with Crippen LogP contribution in [0, 0.1) is 0 Å². The summed E-state index contributed by atoms with van der Waals surface area (Å²) in [5.74, 6) is 0.124.